The van der Waals surface area contributed by atoms with Crippen LogP contribution in [0.1, 0.15) is 69.8 Å². The molecule has 4 rings (SSSR count). The second-order valence-corrected chi connectivity index (χ2v) is 9.73. The minimum absolute atomic E-state index is 0.0350. The zero-order valence-electron chi connectivity index (χ0n) is 21.5. The summed E-state index contributed by atoms with van der Waals surface area (Å²) in [5.41, 5.74) is 1.40. The number of rotatable bonds is 10. The van der Waals surface area contributed by atoms with Gasteiger partial charge in [-0.1, -0.05) is 94.5 Å². The summed E-state index contributed by atoms with van der Waals surface area (Å²) < 4.78 is 70.3. The molecule has 1 aliphatic heterocycles. The lowest BCUT2D eigenvalue weighted by Gasteiger charge is -2.30. The maximum absolute atomic E-state index is 15.1. The average molecular weight is 515 g/mol. The van der Waals surface area contributed by atoms with Gasteiger partial charge in [-0.15, -0.1) is 0 Å². The molecule has 6 heteroatoms. The molecule has 3 aromatic rings. The first-order valence-electron chi connectivity index (χ1n) is 13.2. The van der Waals surface area contributed by atoms with Crippen LogP contribution in [-0.2, 0) is 15.9 Å². The molecule has 198 valence electrons. The molecule has 0 bridgehead atoms. The second kappa shape index (κ2) is 12.7. The maximum Gasteiger partial charge on any atom is 0.186 e. The zero-order chi connectivity index (χ0) is 26.4. The van der Waals surface area contributed by atoms with Gasteiger partial charge in [0.2, 0.25) is 0 Å². The van der Waals surface area contributed by atoms with E-state index >= 15 is 8.78 Å². The Labute approximate surface area is 216 Å². The van der Waals surface area contributed by atoms with Gasteiger partial charge in [-0.25, -0.2) is 17.6 Å². The first-order chi connectivity index (χ1) is 17.9. The number of ether oxygens (including phenoxy) is 2. The first-order valence-corrected chi connectivity index (χ1v) is 13.2. The molecule has 0 radical (unpaired) electrons. The van der Waals surface area contributed by atoms with Crippen molar-refractivity contribution < 1.29 is 27.0 Å². The van der Waals surface area contributed by atoms with Crippen molar-refractivity contribution in [1.82, 2.24) is 0 Å². The van der Waals surface area contributed by atoms with Crippen LogP contribution < -0.4 is 0 Å². The molecule has 2 nitrogen and oxygen atoms in total. The molecule has 0 aliphatic carbocycles. The number of unbranched alkanes of at least 4 members (excludes halogenated alkanes) is 4. The third kappa shape index (κ3) is 6.24. The molecule has 0 atom stereocenters. The summed E-state index contributed by atoms with van der Waals surface area (Å²) in [6.45, 7) is 4.86. The predicted molar refractivity (Wildman–Crippen MR) is 138 cm³/mol. The van der Waals surface area contributed by atoms with E-state index in [1.807, 2.05) is 0 Å². The van der Waals surface area contributed by atoms with Gasteiger partial charge in [-0.2, -0.15) is 0 Å². The van der Waals surface area contributed by atoms with Crippen LogP contribution in [0.3, 0.4) is 0 Å². The van der Waals surface area contributed by atoms with Crippen LogP contribution >= 0.6 is 0 Å². The van der Waals surface area contributed by atoms with E-state index in [2.05, 4.69) is 6.92 Å². The molecule has 1 saturated heterocycles. The van der Waals surface area contributed by atoms with Crippen molar-refractivity contribution in [1.29, 1.82) is 0 Å². The number of benzene rings is 3. The van der Waals surface area contributed by atoms with E-state index in [1.165, 1.54) is 43.9 Å². The smallest absolute Gasteiger partial charge is 0.186 e. The molecule has 37 heavy (non-hydrogen) atoms. The molecule has 0 amide bonds. The molecule has 0 unspecified atom stereocenters. The van der Waals surface area contributed by atoms with Gasteiger partial charge in [0.05, 0.1) is 13.2 Å². The summed E-state index contributed by atoms with van der Waals surface area (Å²) >= 11 is 0. The Hall–Kier alpha value is -2.70. The van der Waals surface area contributed by atoms with Crippen molar-refractivity contribution in [2.24, 2.45) is 5.92 Å². The normalized spacial score (nSPS) is 17.8. The predicted octanol–water partition coefficient (Wildman–Crippen LogP) is 9.16. The summed E-state index contributed by atoms with van der Waals surface area (Å²) in [4.78, 5) is 0. The van der Waals surface area contributed by atoms with Crippen LogP contribution in [-0.4, -0.2) is 13.2 Å². The Morgan fingerprint density at radius 3 is 1.81 bits per heavy atom. The van der Waals surface area contributed by atoms with Gasteiger partial charge < -0.3 is 9.47 Å². The zero-order valence-corrected chi connectivity index (χ0v) is 21.5. The highest BCUT2D eigenvalue weighted by molar-refractivity contribution is 5.71. The monoisotopic (exact) mass is 514 g/mol. The van der Waals surface area contributed by atoms with Crippen molar-refractivity contribution in [2.45, 2.75) is 65.1 Å². The number of aryl methyl sites for hydroxylation is 1. The van der Waals surface area contributed by atoms with Crippen LogP contribution in [0.25, 0.3) is 22.3 Å². The molecule has 0 saturated carbocycles. The average Bonchev–Trinajstić information content (AvgIpc) is 2.92. The fourth-order valence-electron chi connectivity index (χ4n) is 4.81. The Morgan fingerprint density at radius 1 is 0.649 bits per heavy atom. The Balaban J connectivity index is 1.43. The standard InChI is InChI=1S/C31H34F4O2/c1-3-5-6-7-8-9-20-18-36-31(37-19-20)26-17-16-25(29(34)30(26)35)23-12-10-22(11-13-23)24-15-14-21(4-2)27(32)28(24)33/h10-17,20,31H,3-9,18-19H2,1-2H3. The number of hydrogen-bond donors (Lipinski definition) is 0. The van der Waals surface area contributed by atoms with E-state index in [0.29, 0.717) is 36.3 Å². The first kappa shape index (κ1) is 27.3. The van der Waals surface area contributed by atoms with Crippen LogP contribution in [0.2, 0.25) is 0 Å². The highest BCUT2D eigenvalue weighted by atomic mass is 19.2. The van der Waals surface area contributed by atoms with Crippen molar-refractivity contribution in [3.8, 4) is 22.3 Å². The number of halogens is 4. The van der Waals surface area contributed by atoms with Crippen LogP contribution in [0.15, 0.2) is 48.5 Å². The molecule has 0 spiro atoms. The van der Waals surface area contributed by atoms with Crippen molar-refractivity contribution in [3.05, 3.63) is 82.9 Å². The lowest BCUT2D eigenvalue weighted by molar-refractivity contribution is -0.207. The second-order valence-electron chi connectivity index (χ2n) is 9.73. The highest BCUT2D eigenvalue weighted by Crippen LogP contribution is 2.35. The molecule has 1 heterocycles. The van der Waals surface area contributed by atoms with Gasteiger partial charge in [-0.3, -0.25) is 0 Å². The quantitative estimate of drug-likeness (QED) is 0.198. The molecule has 3 aromatic carbocycles. The van der Waals surface area contributed by atoms with E-state index in [4.69, 9.17) is 9.47 Å². The highest BCUT2D eigenvalue weighted by Gasteiger charge is 2.28. The van der Waals surface area contributed by atoms with Crippen molar-refractivity contribution >= 4 is 0 Å². The third-order valence-corrected chi connectivity index (χ3v) is 7.10. The SMILES string of the molecule is CCCCCCCC1COC(c2ccc(-c3ccc(-c4ccc(CC)c(F)c4F)cc3)c(F)c2F)OC1. The third-order valence-electron chi connectivity index (χ3n) is 7.10. The Bertz CT molecular complexity index is 1180. The summed E-state index contributed by atoms with van der Waals surface area (Å²) in [5.74, 6) is -3.52. The van der Waals surface area contributed by atoms with Gasteiger partial charge in [0, 0.05) is 22.6 Å². The maximum atomic E-state index is 15.1. The Kier molecular flexibility index (Phi) is 9.38. The fraction of sp³-hybridized carbons (Fsp3) is 0.419. The largest absolute Gasteiger partial charge is 0.348 e. The summed E-state index contributed by atoms with van der Waals surface area (Å²) in [6, 6.07) is 12.3. The van der Waals surface area contributed by atoms with Crippen LogP contribution in [0.5, 0.6) is 0 Å². The fourth-order valence-corrected chi connectivity index (χ4v) is 4.81. The molecular formula is C31H34F4O2. The van der Waals surface area contributed by atoms with E-state index in [0.717, 1.165) is 12.8 Å². The molecular weight excluding hydrogens is 480 g/mol. The van der Waals surface area contributed by atoms with Gasteiger partial charge in [0.15, 0.2) is 29.6 Å². The summed E-state index contributed by atoms with van der Waals surface area (Å²) in [6.07, 6.45) is 6.44. The van der Waals surface area contributed by atoms with Gasteiger partial charge in [0.1, 0.15) is 0 Å². The van der Waals surface area contributed by atoms with Gasteiger partial charge in [-0.05, 0) is 29.5 Å². The van der Waals surface area contributed by atoms with Crippen LogP contribution in [0, 0.1) is 29.2 Å². The molecule has 0 aromatic heterocycles. The van der Waals surface area contributed by atoms with E-state index in [1.54, 1.807) is 37.3 Å². The van der Waals surface area contributed by atoms with Crippen molar-refractivity contribution in [2.75, 3.05) is 13.2 Å². The molecule has 1 fully saturated rings. The molecule has 1 aliphatic rings. The topological polar surface area (TPSA) is 18.5 Å². The van der Waals surface area contributed by atoms with E-state index in [-0.39, 0.29) is 22.6 Å². The van der Waals surface area contributed by atoms with Crippen LogP contribution in [0.4, 0.5) is 17.6 Å². The lowest BCUT2D eigenvalue weighted by Crippen LogP contribution is -2.27. The Morgan fingerprint density at radius 2 is 1.22 bits per heavy atom. The van der Waals surface area contributed by atoms with E-state index in [9.17, 15) is 8.78 Å². The van der Waals surface area contributed by atoms with Gasteiger partial charge in [0.25, 0.3) is 0 Å². The summed E-state index contributed by atoms with van der Waals surface area (Å²) in [7, 11) is 0. The number of hydrogen-bond acceptors (Lipinski definition) is 2. The van der Waals surface area contributed by atoms with Gasteiger partial charge >= 0.3 is 0 Å². The molecule has 0 N–H and O–H groups in total. The minimum Gasteiger partial charge on any atom is -0.348 e. The minimum atomic E-state index is -1.01. The van der Waals surface area contributed by atoms with Crippen molar-refractivity contribution in [3.63, 3.8) is 0 Å². The lowest BCUT2D eigenvalue weighted by atomic mass is 9.97. The summed E-state index contributed by atoms with van der Waals surface area (Å²) in [5, 5.41) is 0. The van der Waals surface area contributed by atoms with E-state index < -0.39 is 29.6 Å².